The summed E-state index contributed by atoms with van der Waals surface area (Å²) in [6.45, 7) is 12.7. The second-order valence-electron chi connectivity index (χ2n) is 5.11. The maximum Gasteiger partial charge on any atom is 0.237 e. The molecule has 0 radical (unpaired) electrons. The molecule has 3 nitrogen and oxygen atoms in total. The second-order valence-corrected chi connectivity index (χ2v) is 5.11. The molecular formula is C13H24N2O. The molecule has 0 bridgehead atoms. The van der Waals surface area contributed by atoms with Crippen LogP contribution in [0.3, 0.4) is 0 Å². The lowest BCUT2D eigenvalue weighted by Crippen LogP contribution is -2.50. The number of rotatable bonds is 4. The topological polar surface area (TPSA) is 32.3 Å². The predicted molar refractivity (Wildman–Crippen MR) is 67.2 cm³/mol. The molecule has 1 aliphatic heterocycles. The minimum Gasteiger partial charge on any atom is -0.351 e. The fourth-order valence-electron chi connectivity index (χ4n) is 2.51. The van der Waals surface area contributed by atoms with Crippen molar-refractivity contribution in [2.75, 3.05) is 19.6 Å². The number of nitrogens with zero attached hydrogens (tertiary/aromatic N) is 1. The Morgan fingerprint density at radius 3 is 2.56 bits per heavy atom. The number of amides is 1. The van der Waals surface area contributed by atoms with Gasteiger partial charge in [0.25, 0.3) is 0 Å². The summed E-state index contributed by atoms with van der Waals surface area (Å²) >= 11 is 0. The minimum absolute atomic E-state index is 0.0230. The number of likely N-dealkylation sites (tertiary alicyclic amines) is 1. The summed E-state index contributed by atoms with van der Waals surface area (Å²) in [7, 11) is 0. The first-order chi connectivity index (χ1) is 7.54. The van der Waals surface area contributed by atoms with Crippen molar-refractivity contribution in [3.63, 3.8) is 0 Å². The van der Waals surface area contributed by atoms with Gasteiger partial charge < -0.3 is 5.32 Å². The molecule has 1 N–H and O–H groups in total. The maximum absolute atomic E-state index is 11.8. The monoisotopic (exact) mass is 224 g/mol. The molecule has 0 saturated carbocycles. The molecule has 1 rings (SSSR count). The predicted octanol–water partition coefficient (Wildman–Crippen LogP) is 1.65. The van der Waals surface area contributed by atoms with Crippen LogP contribution >= 0.6 is 0 Å². The van der Waals surface area contributed by atoms with Gasteiger partial charge in [0.15, 0.2) is 0 Å². The lowest BCUT2D eigenvalue weighted by molar-refractivity contribution is -0.126. The average molecular weight is 224 g/mol. The van der Waals surface area contributed by atoms with Crippen molar-refractivity contribution in [3.8, 4) is 0 Å². The Hall–Kier alpha value is -0.830. The van der Waals surface area contributed by atoms with E-state index in [-0.39, 0.29) is 11.9 Å². The first-order valence-corrected chi connectivity index (χ1v) is 6.17. The highest BCUT2D eigenvalue weighted by Crippen LogP contribution is 2.22. The Kier molecular flexibility index (Phi) is 5.00. The summed E-state index contributed by atoms with van der Waals surface area (Å²) < 4.78 is 0. The largest absolute Gasteiger partial charge is 0.351 e. The summed E-state index contributed by atoms with van der Waals surface area (Å²) in [5, 5.41) is 2.86. The van der Waals surface area contributed by atoms with Crippen LogP contribution in [0.25, 0.3) is 0 Å². The van der Waals surface area contributed by atoms with E-state index < -0.39 is 0 Å². The molecule has 0 aromatic rings. The zero-order chi connectivity index (χ0) is 12.1. The van der Waals surface area contributed by atoms with Gasteiger partial charge in [-0.3, -0.25) is 9.69 Å². The van der Waals surface area contributed by atoms with Gasteiger partial charge in [0.05, 0.1) is 6.04 Å². The van der Waals surface area contributed by atoms with Gasteiger partial charge in [-0.2, -0.15) is 0 Å². The quantitative estimate of drug-likeness (QED) is 0.737. The number of hydrogen-bond acceptors (Lipinski definition) is 2. The summed E-state index contributed by atoms with van der Waals surface area (Å²) in [6, 6.07) is -0.0230. The highest BCUT2D eigenvalue weighted by atomic mass is 16.2. The first-order valence-electron chi connectivity index (χ1n) is 6.17. The van der Waals surface area contributed by atoms with Gasteiger partial charge in [-0.05, 0) is 25.2 Å². The van der Waals surface area contributed by atoms with Gasteiger partial charge in [0.2, 0.25) is 5.91 Å². The zero-order valence-corrected chi connectivity index (χ0v) is 10.7. The van der Waals surface area contributed by atoms with E-state index in [0.717, 1.165) is 13.1 Å². The molecule has 3 atom stereocenters. The third-order valence-electron chi connectivity index (χ3n) is 3.24. The molecule has 3 heteroatoms. The number of carbonyl (C=O) groups excluding carboxylic acids is 1. The van der Waals surface area contributed by atoms with E-state index in [1.165, 1.54) is 6.42 Å². The summed E-state index contributed by atoms with van der Waals surface area (Å²) in [6.07, 6.45) is 2.99. The maximum atomic E-state index is 11.8. The molecule has 16 heavy (non-hydrogen) atoms. The van der Waals surface area contributed by atoms with E-state index in [4.69, 9.17) is 0 Å². The van der Waals surface area contributed by atoms with E-state index in [1.54, 1.807) is 6.08 Å². The van der Waals surface area contributed by atoms with Gasteiger partial charge in [0.1, 0.15) is 0 Å². The van der Waals surface area contributed by atoms with Crippen LogP contribution in [0.4, 0.5) is 0 Å². The molecular weight excluding hydrogens is 200 g/mol. The first kappa shape index (κ1) is 13.2. The number of nitrogens with one attached hydrogen (secondary N) is 1. The summed E-state index contributed by atoms with van der Waals surface area (Å²) in [5.41, 5.74) is 0. The molecule has 0 aromatic heterocycles. The van der Waals surface area contributed by atoms with Crippen molar-refractivity contribution in [3.05, 3.63) is 12.7 Å². The van der Waals surface area contributed by atoms with Crippen molar-refractivity contribution in [2.45, 2.75) is 33.2 Å². The van der Waals surface area contributed by atoms with E-state index in [9.17, 15) is 4.79 Å². The van der Waals surface area contributed by atoms with Crippen LogP contribution in [0.2, 0.25) is 0 Å². The standard InChI is InChI=1S/C13H24N2O/c1-5-6-14-13(16)12(4)15-8-10(2)7-11(3)9-15/h5,10-12H,1,6-9H2,2-4H3,(H,14,16)/t10-,11-,12-/m0/s1. The highest BCUT2D eigenvalue weighted by Gasteiger charge is 2.28. The zero-order valence-electron chi connectivity index (χ0n) is 10.7. The van der Waals surface area contributed by atoms with Crippen molar-refractivity contribution in [2.24, 2.45) is 11.8 Å². The Balaban J connectivity index is 2.48. The van der Waals surface area contributed by atoms with E-state index in [1.807, 2.05) is 6.92 Å². The number of carbonyl (C=O) groups is 1. The smallest absolute Gasteiger partial charge is 0.237 e. The molecule has 92 valence electrons. The van der Waals surface area contributed by atoms with Crippen LogP contribution < -0.4 is 5.32 Å². The highest BCUT2D eigenvalue weighted by molar-refractivity contribution is 5.81. The molecule has 1 heterocycles. The van der Waals surface area contributed by atoms with Gasteiger partial charge in [-0.1, -0.05) is 19.9 Å². The van der Waals surface area contributed by atoms with Crippen molar-refractivity contribution in [1.82, 2.24) is 10.2 Å². The van der Waals surface area contributed by atoms with Crippen molar-refractivity contribution in [1.29, 1.82) is 0 Å². The second kappa shape index (κ2) is 6.04. The third kappa shape index (κ3) is 3.63. The van der Waals surface area contributed by atoms with Crippen LogP contribution in [-0.2, 0) is 4.79 Å². The fraction of sp³-hybridized carbons (Fsp3) is 0.769. The molecule has 1 amide bonds. The van der Waals surface area contributed by atoms with Crippen LogP contribution in [-0.4, -0.2) is 36.5 Å². The van der Waals surface area contributed by atoms with E-state index in [0.29, 0.717) is 18.4 Å². The number of hydrogen-bond donors (Lipinski definition) is 1. The number of piperidine rings is 1. The van der Waals surface area contributed by atoms with E-state index in [2.05, 4.69) is 30.6 Å². The Bertz CT molecular complexity index is 242. The van der Waals surface area contributed by atoms with Crippen LogP contribution in [0, 0.1) is 11.8 Å². The Morgan fingerprint density at radius 1 is 1.50 bits per heavy atom. The van der Waals surface area contributed by atoms with E-state index >= 15 is 0 Å². The Labute approximate surface area is 98.9 Å². The molecule has 0 aliphatic carbocycles. The van der Waals surface area contributed by atoms with Gasteiger partial charge >= 0.3 is 0 Å². The third-order valence-corrected chi connectivity index (χ3v) is 3.24. The minimum atomic E-state index is -0.0230. The normalized spacial score (nSPS) is 28.4. The van der Waals surface area contributed by atoms with Crippen LogP contribution in [0.1, 0.15) is 27.2 Å². The van der Waals surface area contributed by atoms with Gasteiger partial charge in [-0.25, -0.2) is 0 Å². The molecule has 0 unspecified atom stereocenters. The summed E-state index contributed by atoms with van der Waals surface area (Å²) in [4.78, 5) is 14.1. The molecule has 1 aliphatic rings. The van der Waals surface area contributed by atoms with Crippen molar-refractivity contribution >= 4 is 5.91 Å². The molecule has 0 spiro atoms. The lowest BCUT2D eigenvalue weighted by atomic mass is 9.91. The fourth-order valence-corrected chi connectivity index (χ4v) is 2.51. The van der Waals surface area contributed by atoms with Gasteiger partial charge in [-0.15, -0.1) is 6.58 Å². The van der Waals surface area contributed by atoms with Gasteiger partial charge in [0, 0.05) is 19.6 Å². The van der Waals surface area contributed by atoms with Crippen LogP contribution in [0.5, 0.6) is 0 Å². The lowest BCUT2D eigenvalue weighted by Gasteiger charge is -2.38. The average Bonchev–Trinajstić information content (AvgIpc) is 2.23. The van der Waals surface area contributed by atoms with Crippen molar-refractivity contribution < 1.29 is 4.79 Å². The molecule has 1 saturated heterocycles. The molecule has 1 fully saturated rings. The van der Waals surface area contributed by atoms with Crippen LogP contribution in [0.15, 0.2) is 12.7 Å². The Morgan fingerprint density at radius 2 is 2.06 bits per heavy atom. The summed E-state index contributed by atoms with van der Waals surface area (Å²) in [5.74, 6) is 1.50. The SMILES string of the molecule is C=CCNC(=O)[C@H](C)N1C[C@@H](C)C[C@H](C)C1. The molecule has 0 aromatic carbocycles.